The van der Waals surface area contributed by atoms with Gasteiger partial charge in [-0.1, -0.05) is 0 Å². The number of nitrogens with one attached hydrogen (secondary N) is 1. The zero-order chi connectivity index (χ0) is 10.8. The van der Waals surface area contributed by atoms with Gasteiger partial charge in [-0.05, 0) is 13.8 Å². The Morgan fingerprint density at radius 1 is 1.71 bits per heavy atom. The molecule has 1 heterocycles. The molecule has 82 valence electrons. The van der Waals surface area contributed by atoms with Crippen molar-refractivity contribution in [2.24, 2.45) is 0 Å². The first-order valence-electron chi connectivity index (χ1n) is 4.83. The SMILES string of the molecule is C[C@@H]1CN(CC(C)(O)C(=O)O)CCN1. The Labute approximate surface area is 83.7 Å². The van der Waals surface area contributed by atoms with E-state index in [0.29, 0.717) is 6.04 Å². The number of hydrogen-bond donors (Lipinski definition) is 3. The number of nitrogens with zero attached hydrogens (tertiary/aromatic N) is 1. The van der Waals surface area contributed by atoms with Crippen molar-refractivity contribution >= 4 is 5.97 Å². The first-order chi connectivity index (χ1) is 6.42. The van der Waals surface area contributed by atoms with Gasteiger partial charge in [-0.15, -0.1) is 0 Å². The summed E-state index contributed by atoms with van der Waals surface area (Å²) in [6, 6.07) is 0.355. The fourth-order valence-corrected chi connectivity index (χ4v) is 1.66. The summed E-state index contributed by atoms with van der Waals surface area (Å²) in [5.74, 6) is -1.16. The van der Waals surface area contributed by atoms with Gasteiger partial charge in [0.05, 0.1) is 0 Å². The van der Waals surface area contributed by atoms with Crippen molar-refractivity contribution in [3.63, 3.8) is 0 Å². The van der Waals surface area contributed by atoms with Crippen LogP contribution in [0.5, 0.6) is 0 Å². The lowest BCUT2D eigenvalue weighted by molar-refractivity contribution is -0.158. The molecule has 0 amide bonds. The topological polar surface area (TPSA) is 72.8 Å². The first kappa shape index (κ1) is 11.4. The number of aliphatic carboxylic acids is 1. The van der Waals surface area contributed by atoms with E-state index in [1.165, 1.54) is 6.92 Å². The second-order valence-electron chi connectivity index (χ2n) is 4.17. The van der Waals surface area contributed by atoms with E-state index in [2.05, 4.69) is 5.32 Å². The highest BCUT2D eigenvalue weighted by Crippen LogP contribution is 2.08. The van der Waals surface area contributed by atoms with Crippen LogP contribution in [-0.2, 0) is 4.79 Å². The lowest BCUT2D eigenvalue weighted by Crippen LogP contribution is -2.55. The molecule has 5 nitrogen and oxygen atoms in total. The minimum Gasteiger partial charge on any atom is -0.479 e. The zero-order valence-corrected chi connectivity index (χ0v) is 8.66. The standard InChI is InChI=1S/C9H18N2O3/c1-7-5-11(4-3-10-7)6-9(2,14)8(12)13/h7,10,14H,3-6H2,1-2H3,(H,12,13)/t7-,9?/m1/s1. The second-order valence-corrected chi connectivity index (χ2v) is 4.17. The van der Waals surface area contributed by atoms with E-state index in [4.69, 9.17) is 5.11 Å². The Morgan fingerprint density at radius 2 is 2.36 bits per heavy atom. The monoisotopic (exact) mass is 202 g/mol. The summed E-state index contributed by atoms with van der Waals surface area (Å²) >= 11 is 0. The van der Waals surface area contributed by atoms with Crippen molar-refractivity contribution in [3.05, 3.63) is 0 Å². The van der Waals surface area contributed by atoms with Crippen molar-refractivity contribution in [2.45, 2.75) is 25.5 Å². The number of carboxylic acids is 1. The van der Waals surface area contributed by atoms with Crippen LogP contribution in [0.3, 0.4) is 0 Å². The van der Waals surface area contributed by atoms with Gasteiger partial charge >= 0.3 is 5.97 Å². The molecule has 2 atom stereocenters. The maximum Gasteiger partial charge on any atom is 0.336 e. The van der Waals surface area contributed by atoms with Crippen LogP contribution in [0.25, 0.3) is 0 Å². The molecule has 0 aromatic rings. The number of β-amino-alcohol motifs (C(OH)–C–C–N with tert-alkyl or cyclic N) is 1. The summed E-state index contributed by atoms with van der Waals surface area (Å²) < 4.78 is 0. The molecule has 0 aromatic carbocycles. The van der Waals surface area contributed by atoms with Gasteiger partial charge in [0, 0.05) is 32.2 Å². The maximum atomic E-state index is 10.7. The van der Waals surface area contributed by atoms with Crippen LogP contribution in [0, 0.1) is 0 Å². The van der Waals surface area contributed by atoms with Crippen molar-refractivity contribution in [2.75, 3.05) is 26.2 Å². The Hall–Kier alpha value is -0.650. The van der Waals surface area contributed by atoms with Gasteiger partial charge in [-0.25, -0.2) is 4.79 Å². The lowest BCUT2D eigenvalue weighted by atomic mass is 10.1. The summed E-state index contributed by atoms with van der Waals surface area (Å²) in [4.78, 5) is 12.7. The van der Waals surface area contributed by atoms with Gasteiger partial charge in [0.2, 0.25) is 0 Å². The Bertz CT molecular complexity index is 218. The van der Waals surface area contributed by atoms with E-state index in [0.717, 1.165) is 19.6 Å². The number of carboxylic acid groups (broad SMARTS) is 1. The summed E-state index contributed by atoms with van der Waals surface area (Å²) in [5.41, 5.74) is -1.64. The third-order valence-electron chi connectivity index (χ3n) is 2.45. The molecule has 0 radical (unpaired) electrons. The van der Waals surface area contributed by atoms with E-state index >= 15 is 0 Å². The van der Waals surface area contributed by atoms with Crippen LogP contribution in [-0.4, -0.2) is 58.9 Å². The Morgan fingerprint density at radius 3 is 2.86 bits per heavy atom. The lowest BCUT2D eigenvalue weighted by Gasteiger charge is -2.35. The number of rotatable bonds is 3. The van der Waals surface area contributed by atoms with Crippen LogP contribution in [0.15, 0.2) is 0 Å². The molecule has 1 rings (SSSR count). The number of hydrogen-bond acceptors (Lipinski definition) is 4. The quantitative estimate of drug-likeness (QED) is 0.554. The molecule has 1 saturated heterocycles. The van der Waals surface area contributed by atoms with Crippen molar-refractivity contribution in [1.82, 2.24) is 10.2 Å². The number of aliphatic hydroxyl groups is 1. The molecule has 14 heavy (non-hydrogen) atoms. The molecule has 1 fully saturated rings. The summed E-state index contributed by atoms with van der Waals surface area (Å²) in [6.07, 6.45) is 0. The third kappa shape index (κ3) is 2.94. The molecular weight excluding hydrogens is 184 g/mol. The van der Waals surface area contributed by atoms with Crippen LogP contribution in [0.1, 0.15) is 13.8 Å². The normalized spacial score (nSPS) is 28.4. The molecule has 1 aliphatic rings. The van der Waals surface area contributed by atoms with Gasteiger partial charge in [0.25, 0.3) is 0 Å². The van der Waals surface area contributed by atoms with E-state index in [9.17, 15) is 9.90 Å². The highest BCUT2D eigenvalue weighted by Gasteiger charge is 2.33. The number of carbonyl (C=O) groups is 1. The van der Waals surface area contributed by atoms with Gasteiger partial charge in [0.1, 0.15) is 0 Å². The summed E-state index contributed by atoms with van der Waals surface area (Å²) in [5, 5.41) is 21.6. The molecule has 0 spiro atoms. The van der Waals surface area contributed by atoms with E-state index in [-0.39, 0.29) is 6.54 Å². The highest BCUT2D eigenvalue weighted by molar-refractivity contribution is 5.76. The molecule has 0 aromatic heterocycles. The fourth-order valence-electron chi connectivity index (χ4n) is 1.66. The van der Waals surface area contributed by atoms with E-state index in [1.807, 2.05) is 11.8 Å². The third-order valence-corrected chi connectivity index (χ3v) is 2.45. The molecule has 3 N–H and O–H groups in total. The number of piperazine rings is 1. The minimum atomic E-state index is -1.64. The molecule has 1 unspecified atom stereocenters. The van der Waals surface area contributed by atoms with Crippen LogP contribution in [0.2, 0.25) is 0 Å². The average molecular weight is 202 g/mol. The molecular formula is C9H18N2O3. The largest absolute Gasteiger partial charge is 0.479 e. The molecule has 5 heteroatoms. The predicted octanol–water partition coefficient (Wildman–Crippen LogP) is -0.884. The highest BCUT2D eigenvalue weighted by atomic mass is 16.4. The van der Waals surface area contributed by atoms with Gasteiger partial charge in [-0.2, -0.15) is 0 Å². The van der Waals surface area contributed by atoms with Crippen LogP contribution < -0.4 is 5.32 Å². The first-order valence-corrected chi connectivity index (χ1v) is 4.83. The molecule has 1 aliphatic heterocycles. The molecule has 0 saturated carbocycles. The zero-order valence-electron chi connectivity index (χ0n) is 8.66. The summed E-state index contributed by atoms with van der Waals surface area (Å²) in [7, 11) is 0. The smallest absolute Gasteiger partial charge is 0.336 e. The van der Waals surface area contributed by atoms with Crippen molar-refractivity contribution in [3.8, 4) is 0 Å². The predicted molar refractivity (Wildman–Crippen MR) is 52.2 cm³/mol. The minimum absolute atomic E-state index is 0.189. The van der Waals surface area contributed by atoms with Gasteiger partial charge in [0.15, 0.2) is 5.60 Å². The van der Waals surface area contributed by atoms with Crippen molar-refractivity contribution in [1.29, 1.82) is 0 Å². The molecule has 0 aliphatic carbocycles. The van der Waals surface area contributed by atoms with Gasteiger partial charge in [-0.3, -0.25) is 4.90 Å². The Balaban J connectivity index is 2.47. The summed E-state index contributed by atoms with van der Waals surface area (Å²) in [6.45, 7) is 5.98. The van der Waals surface area contributed by atoms with E-state index in [1.54, 1.807) is 0 Å². The van der Waals surface area contributed by atoms with Crippen LogP contribution in [0.4, 0.5) is 0 Å². The van der Waals surface area contributed by atoms with E-state index < -0.39 is 11.6 Å². The Kier molecular flexibility index (Phi) is 3.47. The van der Waals surface area contributed by atoms with Crippen LogP contribution >= 0.6 is 0 Å². The van der Waals surface area contributed by atoms with Gasteiger partial charge < -0.3 is 15.5 Å². The second kappa shape index (κ2) is 4.25. The molecule has 0 bridgehead atoms. The maximum absolute atomic E-state index is 10.7. The fraction of sp³-hybridized carbons (Fsp3) is 0.889. The van der Waals surface area contributed by atoms with Crippen molar-refractivity contribution < 1.29 is 15.0 Å². The average Bonchev–Trinajstić information content (AvgIpc) is 2.02.